The van der Waals surface area contributed by atoms with Gasteiger partial charge in [0.2, 0.25) is 0 Å². The highest BCUT2D eigenvalue weighted by molar-refractivity contribution is 6.50. The third-order valence-corrected chi connectivity index (χ3v) is 3.98. The molecule has 0 aliphatic carbocycles. The standard InChI is InChI=1S/C14H22N2.3BF4/c1-15(2)14(9-11-16(3)12-10-14)13-7-5-4-6-8-13;3*2-1(3,4)5/h4-8H,9-12H2,1-3H3;;;/q;3*-1. The Bertz CT molecular complexity index is 538. The summed E-state index contributed by atoms with van der Waals surface area (Å²) >= 11 is 0. The summed E-state index contributed by atoms with van der Waals surface area (Å²) in [6.45, 7) is 2.38. The summed E-state index contributed by atoms with van der Waals surface area (Å²) < 4.78 is 117. The van der Waals surface area contributed by atoms with Crippen LogP contribution in [0.2, 0.25) is 0 Å². The molecule has 0 amide bonds. The van der Waals surface area contributed by atoms with Crippen LogP contribution in [0, 0.1) is 0 Å². The molecule has 0 N–H and O–H groups in total. The van der Waals surface area contributed by atoms with Gasteiger partial charge in [-0.05, 0) is 52.6 Å². The number of hydrogen-bond acceptors (Lipinski definition) is 2. The van der Waals surface area contributed by atoms with Gasteiger partial charge in [0.1, 0.15) is 0 Å². The number of halogens is 12. The van der Waals surface area contributed by atoms with E-state index in [0.29, 0.717) is 0 Å². The van der Waals surface area contributed by atoms with Crippen molar-refractivity contribution in [1.82, 2.24) is 9.80 Å². The van der Waals surface area contributed by atoms with Gasteiger partial charge in [-0.1, -0.05) is 30.3 Å². The first-order valence-corrected chi connectivity index (χ1v) is 8.68. The van der Waals surface area contributed by atoms with Gasteiger partial charge in [0, 0.05) is 5.54 Å². The van der Waals surface area contributed by atoms with Crippen molar-refractivity contribution in [3.63, 3.8) is 0 Å². The van der Waals surface area contributed by atoms with Crippen LogP contribution in [0.25, 0.3) is 0 Å². The second kappa shape index (κ2) is 13.1. The average molecular weight is 479 g/mol. The summed E-state index contributed by atoms with van der Waals surface area (Å²) in [5, 5.41) is 0. The topological polar surface area (TPSA) is 6.48 Å². The quantitative estimate of drug-likeness (QED) is 0.376. The molecule has 0 unspecified atom stereocenters. The molecule has 1 aliphatic heterocycles. The maximum atomic E-state index is 9.75. The molecule has 0 aromatic heterocycles. The molecule has 0 bridgehead atoms. The van der Waals surface area contributed by atoms with Crippen molar-refractivity contribution in [3.8, 4) is 0 Å². The Morgan fingerprint density at radius 3 is 1.23 bits per heavy atom. The van der Waals surface area contributed by atoms with Gasteiger partial charge in [-0.15, -0.1) is 0 Å². The maximum absolute atomic E-state index is 9.75. The van der Waals surface area contributed by atoms with E-state index in [2.05, 4.69) is 61.3 Å². The van der Waals surface area contributed by atoms with E-state index in [1.165, 1.54) is 31.5 Å². The molecule has 2 nitrogen and oxygen atoms in total. The molecule has 2 rings (SSSR count). The van der Waals surface area contributed by atoms with Gasteiger partial charge in [0.25, 0.3) is 0 Å². The molecular weight excluding hydrogens is 457 g/mol. The summed E-state index contributed by atoms with van der Waals surface area (Å²) in [7, 11) is -11.4. The second-order valence-electron chi connectivity index (χ2n) is 6.58. The molecule has 1 fully saturated rings. The molecule has 1 heterocycles. The van der Waals surface area contributed by atoms with Crippen molar-refractivity contribution in [2.24, 2.45) is 0 Å². The van der Waals surface area contributed by atoms with Crippen LogP contribution in [0.1, 0.15) is 18.4 Å². The van der Waals surface area contributed by atoms with Gasteiger partial charge in [-0.3, -0.25) is 4.90 Å². The van der Waals surface area contributed by atoms with E-state index >= 15 is 0 Å². The first-order chi connectivity index (χ1) is 13.6. The van der Waals surface area contributed by atoms with E-state index < -0.39 is 21.8 Å². The van der Waals surface area contributed by atoms with E-state index in [9.17, 15) is 51.8 Å². The zero-order valence-electron chi connectivity index (χ0n) is 16.9. The summed E-state index contributed by atoms with van der Waals surface area (Å²) in [5.41, 5.74) is 1.71. The number of piperidine rings is 1. The number of hydrogen-bond donors (Lipinski definition) is 0. The Balaban J connectivity index is 0. The summed E-state index contributed by atoms with van der Waals surface area (Å²) in [4.78, 5) is 4.82. The van der Waals surface area contributed by atoms with Crippen molar-refractivity contribution < 1.29 is 51.8 Å². The Morgan fingerprint density at radius 2 is 0.968 bits per heavy atom. The minimum absolute atomic E-state index is 0.244. The predicted octanol–water partition coefficient (Wildman–Crippen LogP) is 6.07. The number of likely N-dealkylation sites (tertiary alicyclic amines) is 1. The normalized spacial score (nSPS) is 16.8. The fraction of sp³-hybridized carbons (Fsp3) is 0.571. The zero-order chi connectivity index (χ0) is 25.1. The molecule has 0 atom stereocenters. The lowest BCUT2D eigenvalue weighted by Gasteiger charge is -2.46. The molecule has 1 aromatic rings. The van der Waals surface area contributed by atoms with Crippen LogP contribution < -0.4 is 0 Å². The highest BCUT2D eigenvalue weighted by Gasteiger charge is 2.37. The molecule has 0 radical (unpaired) electrons. The van der Waals surface area contributed by atoms with Crippen molar-refractivity contribution in [1.29, 1.82) is 0 Å². The van der Waals surface area contributed by atoms with Crippen LogP contribution in [0.4, 0.5) is 51.8 Å². The second-order valence-corrected chi connectivity index (χ2v) is 6.58. The SMILES string of the molecule is CN1CCC(c2ccccc2)(N(C)C)CC1.F[B-](F)(F)F.F[B-](F)(F)F.F[B-](F)(F)F. The Labute approximate surface area is 172 Å². The summed E-state index contributed by atoms with van der Waals surface area (Å²) in [6, 6.07) is 10.9. The van der Waals surface area contributed by atoms with Gasteiger partial charge in [0.05, 0.1) is 0 Å². The van der Waals surface area contributed by atoms with Crippen LogP contribution in [-0.2, 0) is 5.54 Å². The lowest BCUT2D eigenvalue weighted by atomic mass is 9.80. The van der Waals surface area contributed by atoms with Gasteiger partial charge >= 0.3 is 21.8 Å². The lowest BCUT2D eigenvalue weighted by Crippen LogP contribution is -2.49. The molecule has 1 aromatic carbocycles. The van der Waals surface area contributed by atoms with Crippen LogP contribution in [-0.4, -0.2) is 65.8 Å². The minimum atomic E-state index is -6.00. The van der Waals surface area contributed by atoms with Crippen molar-refractivity contribution in [2.45, 2.75) is 18.4 Å². The van der Waals surface area contributed by atoms with Crippen LogP contribution in [0.5, 0.6) is 0 Å². The molecule has 0 spiro atoms. The number of benzene rings is 1. The minimum Gasteiger partial charge on any atom is -0.418 e. The highest BCUT2D eigenvalue weighted by Crippen LogP contribution is 2.36. The lowest BCUT2D eigenvalue weighted by molar-refractivity contribution is 0.0643. The Hall–Kier alpha value is -1.51. The van der Waals surface area contributed by atoms with Gasteiger partial charge in [0.15, 0.2) is 0 Å². The van der Waals surface area contributed by atoms with E-state index in [1.807, 2.05) is 0 Å². The predicted molar refractivity (Wildman–Crippen MR) is 99.1 cm³/mol. The van der Waals surface area contributed by atoms with E-state index in [1.54, 1.807) is 0 Å². The van der Waals surface area contributed by atoms with Crippen molar-refractivity contribution >= 4 is 21.8 Å². The first-order valence-electron chi connectivity index (χ1n) is 8.68. The molecule has 1 aliphatic rings. The Morgan fingerprint density at radius 1 is 0.677 bits per heavy atom. The van der Waals surface area contributed by atoms with Crippen LogP contribution in [0.3, 0.4) is 0 Å². The van der Waals surface area contributed by atoms with Crippen LogP contribution >= 0.6 is 0 Å². The van der Waals surface area contributed by atoms with Crippen molar-refractivity contribution in [2.75, 3.05) is 34.2 Å². The molecule has 31 heavy (non-hydrogen) atoms. The van der Waals surface area contributed by atoms with E-state index in [0.717, 1.165) is 0 Å². The molecular formula is C14H22B3F12N2-3. The monoisotopic (exact) mass is 479 g/mol. The smallest absolute Gasteiger partial charge is 0.418 e. The number of rotatable bonds is 2. The first kappa shape index (κ1) is 31.7. The molecule has 1 saturated heterocycles. The van der Waals surface area contributed by atoms with Gasteiger partial charge < -0.3 is 56.7 Å². The average Bonchev–Trinajstić information content (AvgIpc) is 2.51. The maximum Gasteiger partial charge on any atom is 0.673 e. The van der Waals surface area contributed by atoms with Gasteiger partial charge in [-0.2, -0.15) is 0 Å². The third kappa shape index (κ3) is 21.5. The van der Waals surface area contributed by atoms with E-state index in [-0.39, 0.29) is 5.54 Å². The summed E-state index contributed by atoms with van der Waals surface area (Å²) in [5.74, 6) is 0. The highest BCUT2D eigenvalue weighted by atomic mass is 19.5. The fourth-order valence-corrected chi connectivity index (χ4v) is 2.73. The Kier molecular flexibility index (Phi) is 13.4. The third-order valence-electron chi connectivity index (χ3n) is 3.98. The summed E-state index contributed by atoms with van der Waals surface area (Å²) in [6.07, 6.45) is 2.45. The molecule has 184 valence electrons. The number of nitrogens with zero attached hydrogens (tertiary/aromatic N) is 2. The van der Waals surface area contributed by atoms with Crippen LogP contribution in [0.15, 0.2) is 30.3 Å². The van der Waals surface area contributed by atoms with Gasteiger partial charge in [-0.25, -0.2) is 0 Å². The fourth-order valence-electron chi connectivity index (χ4n) is 2.73. The van der Waals surface area contributed by atoms with Crippen molar-refractivity contribution in [3.05, 3.63) is 35.9 Å². The molecule has 17 heteroatoms. The van der Waals surface area contributed by atoms with E-state index in [4.69, 9.17) is 0 Å². The largest absolute Gasteiger partial charge is 0.673 e. The zero-order valence-corrected chi connectivity index (χ0v) is 16.9. The molecule has 0 saturated carbocycles.